The Morgan fingerprint density at radius 3 is 1.92 bits per heavy atom. The highest BCUT2D eigenvalue weighted by molar-refractivity contribution is 5.00. The summed E-state index contributed by atoms with van der Waals surface area (Å²) >= 11 is 0. The number of hydrogen-bond acceptors (Lipinski definition) is 14. The molecule has 3 fully saturated rings. The lowest BCUT2D eigenvalue weighted by atomic mass is 9.73. The molecular formula is C37H71NO13. The number of aliphatic hydroxyl groups excluding tert-OH is 5. The van der Waals surface area contributed by atoms with Gasteiger partial charge in [0.05, 0.1) is 53.9 Å². The summed E-state index contributed by atoms with van der Waals surface area (Å²) in [6, 6.07) is -0.296. The number of likely N-dealkylation sites (N-methyl/N-ethyl adjacent to an activating group) is 1. The molecule has 0 spiro atoms. The molecular weight excluding hydrogens is 666 g/mol. The van der Waals surface area contributed by atoms with Crippen LogP contribution in [0.2, 0.25) is 0 Å². The molecule has 3 heterocycles. The predicted molar refractivity (Wildman–Crippen MR) is 188 cm³/mol. The maximum absolute atomic E-state index is 12.4. The van der Waals surface area contributed by atoms with E-state index in [0.29, 0.717) is 6.42 Å². The van der Waals surface area contributed by atoms with Crippen molar-refractivity contribution in [3.63, 3.8) is 0 Å². The number of hydrogen-bond donors (Lipinski definition) is 7. The molecule has 3 aliphatic rings. The summed E-state index contributed by atoms with van der Waals surface area (Å²) < 4.78 is 37.5. The zero-order valence-electron chi connectivity index (χ0n) is 33.2. The maximum atomic E-state index is 12.4. The van der Waals surface area contributed by atoms with Crippen LogP contribution in [-0.4, -0.2) is 159 Å². The lowest BCUT2D eigenvalue weighted by Gasteiger charge is -2.50. The van der Waals surface area contributed by atoms with Crippen molar-refractivity contribution in [1.29, 1.82) is 0 Å². The molecule has 0 aromatic heterocycles. The van der Waals surface area contributed by atoms with Gasteiger partial charge in [0.1, 0.15) is 17.8 Å². The Labute approximate surface area is 305 Å². The molecule has 0 aliphatic carbocycles. The van der Waals surface area contributed by atoms with Crippen molar-refractivity contribution in [3.05, 3.63) is 0 Å². The van der Waals surface area contributed by atoms with Gasteiger partial charge in [0.2, 0.25) is 0 Å². The molecule has 0 unspecified atom stereocenters. The lowest BCUT2D eigenvalue weighted by Crippen LogP contribution is -2.61. The fourth-order valence-electron chi connectivity index (χ4n) is 8.72. The van der Waals surface area contributed by atoms with Gasteiger partial charge < -0.3 is 69.1 Å². The first-order chi connectivity index (χ1) is 23.4. The third kappa shape index (κ3) is 9.82. The van der Waals surface area contributed by atoms with Crippen LogP contribution in [0.15, 0.2) is 0 Å². The monoisotopic (exact) mass is 737 g/mol. The van der Waals surface area contributed by atoms with Gasteiger partial charge in [-0.3, -0.25) is 0 Å². The summed E-state index contributed by atoms with van der Waals surface area (Å²) in [4.78, 5) is 1.91. The second-order valence-electron chi connectivity index (χ2n) is 16.9. The van der Waals surface area contributed by atoms with E-state index in [9.17, 15) is 35.7 Å². The van der Waals surface area contributed by atoms with Gasteiger partial charge in [0, 0.05) is 37.3 Å². The van der Waals surface area contributed by atoms with E-state index >= 15 is 0 Å². The van der Waals surface area contributed by atoms with Crippen molar-refractivity contribution < 1.29 is 64.2 Å². The smallest absolute Gasteiger partial charge is 0.185 e. The standard InChI is InChI=1S/C37H71NO13/c1-14-25-37(10,45)30(41)20(4)27(39)18(2)16-35(8,44)32(51-34-28(40)24(38(11)12)15-19(3)47-34)21(5)29(22(6)33(43)49-25)50-26-17-36(9,46-13)31(42)23(7)48-26/h18-34,39-45H,14-17H2,1-13H3/t18-,19+,20-,21-,22+,23+,24+,25+,26-,27+,28-,29-,30+,31+,32+,33-,34+,35+,36-,37-/m1/s1. The van der Waals surface area contributed by atoms with Crippen molar-refractivity contribution in [2.45, 2.75) is 192 Å². The SMILES string of the molecule is CC[C@@H]1O[C@@H](O)[C@@H](C)[C@H](O[C@@H]2C[C@@](C)(OC)[C@@H](O)[C@H](C)O2)[C@@H](C)[C@H](O[C@@H]2O[C@@H](C)C[C@H](N(C)C)[C@H]2O)[C@@](C)(O)C[C@@H](C)[C@H](O)[C@@H](C)[C@H](O)[C@]1(C)O. The van der Waals surface area contributed by atoms with Gasteiger partial charge in [0.25, 0.3) is 0 Å². The van der Waals surface area contributed by atoms with Crippen LogP contribution in [0.3, 0.4) is 0 Å². The van der Waals surface area contributed by atoms with Gasteiger partial charge in [0.15, 0.2) is 18.9 Å². The Hall–Kier alpha value is -0.560. The quantitative estimate of drug-likeness (QED) is 0.198. The molecule has 0 radical (unpaired) electrons. The summed E-state index contributed by atoms with van der Waals surface area (Å²) in [5.74, 6) is -3.07. The van der Waals surface area contributed by atoms with E-state index in [2.05, 4.69) is 0 Å². The third-order valence-electron chi connectivity index (χ3n) is 12.2. The molecule has 14 nitrogen and oxygen atoms in total. The molecule has 0 bridgehead atoms. The minimum absolute atomic E-state index is 0.0138. The van der Waals surface area contributed by atoms with Crippen LogP contribution < -0.4 is 0 Å². The molecule has 0 aromatic carbocycles. The molecule has 0 saturated carbocycles. The van der Waals surface area contributed by atoms with Crippen molar-refractivity contribution in [3.8, 4) is 0 Å². The summed E-state index contributed by atoms with van der Waals surface area (Å²) in [5.41, 5.74) is -4.59. The van der Waals surface area contributed by atoms with Crippen LogP contribution in [0, 0.1) is 23.7 Å². The molecule has 3 saturated heterocycles. The summed E-state index contributed by atoms with van der Waals surface area (Å²) in [6.07, 6.45) is -11.4. The van der Waals surface area contributed by atoms with Gasteiger partial charge in [-0.25, -0.2) is 0 Å². The molecule has 3 aliphatic heterocycles. The van der Waals surface area contributed by atoms with Crippen LogP contribution in [0.25, 0.3) is 0 Å². The van der Waals surface area contributed by atoms with Gasteiger partial charge in [-0.2, -0.15) is 0 Å². The van der Waals surface area contributed by atoms with E-state index < -0.39 is 108 Å². The summed E-state index contributed by atoms with van der Waals surface area (Å²) in [6.45, 7) is 17.0. The summed E-state index contributed by atoms with van der Waals surface area (Å²) in [7, 11) is 5.24. The van der Waals surface area contributed by atoms with E-state index in [4.69, 9.17) is 28.4 Å². The number of nitrogens with zero attached hydrogens (tertiary/aromatic N) is 1. The topological polar surface area (TPSA) is 200 Å². The highest BCUT2D eigenvalue weighted by Gasteiger charge is 2.53. The first-order valence-electron chi connectivity index (χ1n) is 18.8. The molecule has 0 aromatic rings. The minimum Gasteiger partial charge on any atom is -0.392 e. The van der Waals surface area contributed by atoms with Crippen LogP contribution >= 0.6 is 0 Å². The van der Waals surface area contributed by atoms with E-state index in [-0.39, 0.29) is 31.4 Å². The van der Waals surface area contributed by atoms with Crippen molar-refractivity contribution in [2.24, 2.45) is 23.7 Å². The fourth-order valence-corrected chi connectivity index (χ4v) is 8.72. The van der Waals surface area contributed by atoms with Crippen LogP contribution in [-0.2, 0) is 28.4 Å². The van der Waals surface area contributed by atoms with Crippen LogP contribution in [0.1, 0.15) is 94.9 Å². The maximum Gasteiger partial charge on any atom is 0.185 e. The zero-order valence-corrected chi connectivity index (χ0v) is 33.2. The Balaban J connectivity index is 2.17. The lowest BCUT2D eigenvalue weighted by molar-refractivity contribution is -0.327. The number of aliphatic hydroxyl groups is 7. The molecule has 14 heteroatoms. The van der Waals surface area contributed by atoms with E-state index in [0.717, 1.165) is 0 Å². The van der Waals surface area contributed by atoms with E-state index in [1.807, 2.05) is 25.9 Å². The largest absolute Gasteiger partial charge is 0.392 e. The second-order valence-corrected chi connectivity index (χ2v) is 16.9. The van der Waals surface area contributed by atoms with E-state index in [1.54, 1.807) is 55.4 Å². The number of methoxy groups -OCH3 is 1. The second kappa shape index (κ2) is 17.5. The Kier molecular flexibility index (Phi) is 15.4. The molecule has 0 amide bonds. The molecule has 20 atom stereocenters. The van der Waals surface area contributed by atoms with E-state index in [1.165, 1.54) is 14.0 Å². The molecule has 51 heavy (non-hydrogen) atoms. The van der Waals surface area contributed by atoms with Crippen LogP contribution in [0.4, 0.5) is 0 Å². The average molecular weight is 738 g/mol. The van der Waals surface area contributed by atoms with Crippen molar-refractivity contribution in [2.75, 3.05) is 21.2 Å². The van der Waals surface area contributed by atoms with Gasteiger partial charge >= 0.3 is 0 Å². The predicted octanol–water partition coefficient (Wildman–Crippen LogP) is 1.37. The first-order valence-corrected chi connectivity index (χ1v) is 18.8. The van der Waals surface area contributed by atoms with Gasteiger partial charge in [-0.15, -0.1) is 0 Å². The molecule has 302 valence electrons. The highest BCUT2D eigenvalue weighted by Crippen LogP contribution is 2.41. The average Bonchev–Trinajstić information content (AvgIpc) is 3.05. The van der Waals surface area contributed by atoms with Gasteiger partial charge in [-0.05, 0) is 73.9 Å². The zero-order chi connectivity index (χ0) is 39.0. The number of rotatable bonds is 7. The number of ether oxygens (including phenoxy) is 6. The Bertz CT molecular complexity index is 1080. The third-order valence-corrected chi connectivity index (χ3v) is 12.2. The molecule has 3 rings (SSSR count). The Morgan fingerprint density at radius 2 is 1.37 bits per heavy atom. The van der Waals surface area contributed by atoms with Crippen molar-refractivity contribution >= 4 is 0 Å². The normalized spacial score (nSPS) is 52.8. The first kappa shape index (κ1) is 44.8. The summed E-state index contributed by atoms with van der Waals surface area (Å²) in [5, 5.41) is 81.1. The van der Waals surface area contributed by atoms with Crippen LogP contribution in [0.5, 0.6) is 0 Å². The molecule has 7 N–H and O–H groups in total. The Morgan fingerprint density at radius 1 is 0.765 bits per heavy atom. The highest BCUT2D eigenvalue weighted by atomic mass is 16.7. The fraction of sp³-hybridized carbons (Fsp3) is 1.00. The van der Waals surface area contributed by atoms with Crippen molar-refractivity contribution in [1.82, 2.24) is 4.90 Å². The minimum atomic E-state index is -1.87. The van der Waals surface area contributed by atoms with Gasteiger partial charge in [-0.1, -0.05) is 34.6 Å².